The van der Waals surface area contributed by atoms with Crippen LogP contribution in [0.1, 0.15) is 57.9 Å². The Morgan fingerprint density at radius 2 is 1.71 bits per heavy atom. The van der Waals surface area contributed by atoms with Crippen LogP contribution in [-0.4, -0.2) is 48.9 Å². The van der Waals surface area contributed by atoms with Crippen LogP contribution in [0.15, 0.2) is 35.9 Å². The molecule has 168 valence electrons. The first-order valence-electron chi connectivity index (χ1n) is 12.1. The lowest BCUT2D eigenvalue weighted by atomic mass is 9.77. The van der Waals surface area contributed by atoms with Gasteiger partial charge in [0.05, 0.1) is 5.92 Å². The molecule has 4 rings (SSSR count). The highest BCUT2D eigenvalue weighted by Gasteiger charge is 2.40. The highest BCUT2D eigenvalue weighted by atomic mass is 16.2. The average Bonchev–Trinajstić information content (AvgIpc) is 3.22. The Balaban J connectivity index is 1.35. The molecule has 1 aliphatic carbocycles. The van der Waals surface area contributed by atoms with E-state index in [1.54, 1.807) is 0 Å². The third-order valence-corrected chi connectivity index (χ3v) is 7.26. The monoisotopic (exact) mass is 423 g/mol. The zero-order valence-electron chi connectivity index (χ0n) is 19.1. The van der Waals surface area contributed by atoms with Gasteiger partial charge in [-0.3, -0.25) is 14.5 Å². The van der Waals surface area contributed by atoms with Crippen molar-refractivity contribution < 1.29 is 9.59 Å². The normalized spacial score (nSPS) is 24.5. The van der Waals surface area contributed by atoms with Crippen LogP contribution < -0.4 is 10.2 Å². The largest absolute Gasteiger partial charge is 0.353 e. The summed E-state index contributed by atoms with van der Waals surface area (Å²) in [7, 11) is 0. The predicted octanol–water partition coefficient (Wildman–Crippen LogP) is 3.93. The van der Waals surface area contributed by atoms with Crippen LogP contribution in [0.3, 0.4) is 0 Å². The number of piperidine rings is 1. The minimum atomic E-state index is -0.183. The number of benzene rings is 1. The number of fused-ring (bicyclic) bond motifs is 1. The van der Waals surface area contributed by atoms with Gasteiger partial charge in [0, 0.05) is 43.8 Å². The quantitative estimate of drug-likeness (QED) is 0.730. The molecular weight excluding hydrogens is 386 g/mol. The second kappa shape index (κ2) is 9.99. The lowest BCUT2D eigenvalue weighted by Gasteiger charge is -2.36. The Kier molecular flexibility index (Phi) is 7.11. The van der Waals surface area contributed by atoms with Crippen molar-refractivity contribution in [2.75, 3.05) is 31.1 Å². The molecule has 1 aromatic rings. The molecule has 0 bridgehead atoms. The average molecular weight is 424 g/mol. The Hall–Kier alpha value is -2.14. The number of nitrogens with zero attached hydrogens (tertiary/aromatic N) is 2. The minimum Gasteiger partial charge on any atom is -0.353 e. The third kappa shape index (κ3) is 5.20. The van der Waals surface area contributed by atoms with E-state index in [0.717, 1.165) is 76.8 Å². The van der Waals surface area contributed by atoms with Gasteiger partial charge in [0.25, 0.3) is 0 Å². The second-order valence-corrected chi connectivity index (χ2v) is 9.73. The van der Waals surface area contributed by atoms with Gasteiger partial charge in [-0.2, -0.15) is 0 Å². The highest BCUT2D eigenvalue weighted by molar-refractivity contribution is 5.99. The number of likely N-dealkylation sites (tertiary alicyclic amines) is 1. The Morgan fingerprint density at radius 1 is 1.00 bits per heavy atom. The Labute approximate surface area is 186 Å². The molecule has 31 heavy (non-hydrogen) atoms. The molecule has 0 aromatic heterocycles. The summed E-state index contributed by atoms with van der Waals surface area (Å²) < 4.78 is 0. The molecular formula is C26H37N3O2. The first-order chi connectivity index (χ1) is 15.0. The van der Waals surface area contributed by atoms with Crippen molar-refractivity contribution in [1.29, 1.82) is 0 Å². The van der Waals surface area contributed by atoms with Gasteiger partial charge in [-0.25, -0.2) is 0 Å². The number of rotatable bonds is 5. The van der Waals surface area contributed by atoms with Crippen LogP contribution in [0.5, 0.6) is 0 Å². The van der Waals surface area contributed by atoms with Gasteiger partial charge in [0.1, 0.15) is 0 Å². The number of carbonyl (C=O) groups is 2. The molecule has 3 aliphatic rings. The maximum absolute atomic E-state index is 13.5. The SMILES string of the molecule is CC(C)=CCN1CCC(NC(=O)C2CCCCC2C(=O)N2CCc3ccccc32)CC1. The van der Waals surface area contributed by atoms with Crippen LogP contribution in [-0.2, 0) is 16.0 Å². The molecule has 1 N–H and O–H groups in total. The molecule has 0 radical (unpaired) electrons. The van der Waals surface area contributed by atoms with Crippen molar-refractivity contribution >= 4 is 17.5 Å². The maximum atomic E-state index is 13.5. The number of hydrogen-bond acceptors (Lipinski definition) is 3. The molecule has 2 heterocycles. The van der Waals surface area contributed by atoms with Crippen molar-refractivity contribution in [2.45, 2.75) is 64.8 Å². The molecule has 5 nitrogen and oxygen atoms in total. The van der Waals surface area contributed by atoms with Crippen molar-refractivity contribution in [3.8, 4) is 0 Å². The number of anilines is 1. The number of amides is 2. The van der Waals surface area contributed by atoms with Gasteiger partial charge in [-0.1, -0.05) is 42.7 Å². The van der Waals surface area contributed by atoms with Crippen molar-refractivity contribution in [3.05, 3.63) is 41.5 Å². The molecule has 1 saturated heterocycles. The summed E-state index contributed by atoms with van der Waals surface area (Å²) in [4.78, 5) is 31.1. The zero-order chi connectivity index (χ0) is 21.8. The van der Waals surface area contributed by atoms with Crippen LogP contribution in [0.4, 0.5) is 5.69 Å². The second-order valence-electron chi connectivity index (χ2n) is 9.73. The van der Waals surface area contributed by atoms with E-state index in [2.05, 4.69) is 36.2 Å². The number of nitrogens with one attached hydrogen (secondary N) is 1. The van der Waals surface area contributed by atoms with Gasteiger partial charge in [-0.15, -0.1) is 0 Å². The molecule has 2 aliphatic heterocycles. The summed E-state index contributed by atoms with van der Waals surface area (Å²) in [6, 6.07) is 8.42. The summed E-state index contributed by atoms with van der Waals surface area (Å²) in [6.07, 6.45) is 8.91. The zero-order valence-corrected chi connectivity index (χ0v) is 19.1. The minimum absolute atomic E-state index is 0.105. The fourth-order valence-corrected chi connectivity index (χ4v) is 5.39. The Bertz CT molecular complexity index is 822. The Morgan fingerprint density at radius 3 is 2.45 bits per heavy atom. The van der Waals surface area contributed by atoms with Gasteiger partial charge >= 0.3 is 0 Å². The van der Waals surface area contributed by atoms with E-state index >= 15 is 0 Å². The summed E-state index contributed by atoms with van der Waals surface area (Å²) in [5.74, 6) is -0.106. The molecule has 0 spiro atoms. The first kappa shape index (κ1) is 22.1. The number of carbonyl (C=O) groups excluding carboxylic acids is 2. The predicted molar refractivity (Wildman–Crippen MR) is 125 cm³/mol. The molecule has 2 amide bonds. The van der Waals surface area contributed by atoms with E-state index < -0.39 is 0 Å². The fraction of sp³-hybridized carbons (Fsp3) is 0.615. The first-order valence-corrected chi connectivity index (χ1v) is 12.1. The summed E-state index contributed by atoms with van der Waals surface area (Å²) >= 11 is 0. The van der Waals surface area contributed by atoms with Crippen molar-refractivity contribution in [3.63, 3.8) is 0 Å². The molecule has 1 saturated carbocycles. The summed E-state index contributed by atoms with van der Waals surface area (Å²) in [5, 5.41) is 3.32. The summed E-state index contributed by atoms with van der Waals surface area (Å²) in [6.45, 7) is 8.05. The molecule has 2 unspecified atom stereocenters. The third-order valence-electron chi connectivity index (χ3n) is 7.26. The van der Waals surface area contributed by atoms with Crippen LogP contribution in [0.2, 0.25) is 0 Å². The van der Waals surface area contributed by atoms with Crippen molar-refractivity contribution in [1.82, 2.24) is 10.2 Å². The molecule has 2 atom stereocenters. The standard InChI is InChI=1S/C26H37N3O2/c1-19(2)11-15-28-16-13-21(14-17-28)27-25(30)22-8-4-5-9-23(22)26(31)29-18-12-20-7-3-6-10-24(20)29/h3,6-7,10-11,21-23H,4-5,8-9,12-18H2,1-2H3,(H,27,30). The number of allylic oxidation sites excluding steroid dienone is 1. The molecule has 2 fully saturated rings. The smallest absolute Gasteiger partial charge is 0.230 e. The van der Waals surface area contributed by atoms with E-state index in [9.17, 15) is 9.59 Å². The van der Waals surface area contributed by atoms with Crippen LogP contribution in [0, 0.1) is 11.8 Å². The molecule has 1 aromatic carbocycles. The van der Waals surface area contributed by atoms with Crippen molar-refractivity contribution in [2.24, 2.45) is 11.8 Å². The summed E-state index contributed by atoms with van der Waals surface area (Å²) in [5.41, 5.74) is 3.64. The van der Waals surface area contributed by atoms with Gasteiger partial charge in [0.15, 0.2) is 0 Å². The number of para-hydroxylation sites is 1. The lowest BCUT2D eigenvalue weighted by Crippen LogP contribution is -2.50. The van der Waals surface area contributed by atoms with Crippen LogP contribution >= 0.6 is 0 Å². The molecule has 5 heteroatoms. The van der Waals surface area contributed by atoms with Gasteiger partial charge < -0.3 is 10.2 Å². The highest BCUT2D eigenvalue weighted by Crippen LogP contribution is 2.36. The van der Waals surface area contributed by atoms with E-state index in [1.165, 1.54) is 11.1 Å². The lowest BCUT2D eigenvalue weighted by molar-refractivity contribution is -0.135. The van der Waals surface area contributed by atoms with E-state index in [-0.39, 0.29) is 29.7 Å². The van der Waals surface area contributed by atoms with E-state index in [0.29, 0.717) is 0 Å². The van der Waals surface area contributed by atoms with Gasteiger partial charge in [-0.05, 0) is 57.6 Å². The van der Waals surface area contributed by atoms with Gasteiger partial charge in [0.2, 0.25) is 11.8 Å². The number of hydrogen-bond donors (Lipinski definition) is 1. The van der Waals surface area contributed by atoms with E-state index in [4.69, 9.17) is 0 Å². The van der Waals surface area contributed by atoms with E-state index in [1.807, 2.05) is 23.1 Å². The maximum Gasteiger partial charge on any atom is 0.230 e. The topological polar surface area (TPSA) is 52.7 Å². The van der Waals surface area contributed by atoms with Crippen LogP contribution in [0.25, 0.3) is 0 Å². The fourth-order valence-electron chi connectivity index (χ4n) is 5.39.